The monoisotopic (exact) mass is 343 g/mol. The van der Waals surface area contributed by atoms with E-state index in [1.165, 1.54) is 29.7 Å². The van der Waals surface area contributed by atoms with Gasteiger partial charge in [0.25, 0.3) is 5.91 Å². The van der Waals surface area contributed by atoms with Crippen molar-refractivity contribution in [1.82, 2.24) is 20.8 Å². The molecular weight excluding hydrogens is 325 g/mol. The van der Waals surface area contributed by atoms with Crippen LogP contribution in [0.2, 0.25) is 0 Å². The van der Waals surface area contributed by atoms with E-state index in [4.69, 9.17) is 5.21 Å². The highest BCUT2D eigenvalue weighted by molar-refractivity contribution is 5.92. The molecule has 8 heteroatoms. The molecule has 0 bridgehead atoms. The minimum atomic E-state index is -0.641. The number of aromatic nitrogens is 2. The van der Waals surface area contributed by atoms with Crippen LogP contribution in [-0.2, 0) is 0 Å². The van der Waals surface area contributed by atoms with E-state index in [2.05, 4.69) is 15.3 Å². The highest BCUT2D eigenvalue weighted by Gasteiger charge is 2.34. The topological polar surface area (TPSA) is 90.4 Å². The van der Waals surface area contributed by atoms with Gasteiger partial charge in [0.2, 0.25) is 5.95 Å². The van der Waals surface area contributed by atoms with Gasteiger partial charge in [0, 0.05) is 43.5 Å². The standard InChI is InChI=1S/C17H18FN5O2/c18-11-1-2-14-13(7-11)12-3-5-23(6-4-15(12)21-14)17-19-8-10(9-20-17)16(24)22-25/h1-2,7-9,13-14,21,25H,3-6H2,(H,22,24). The lowest BCUT2D eigenvalue weighted by molar-refractivity contribution is 0.0705. The van der Waals surface area contributed by atoms with Crippen LogP contribution >= 0.6 is 0 Å². The number of hydroxylamine groups is 1. The summed E-state index contributed by atoms with van der Waals surface area (Å²) in [6.45, 7) is 1.47. The van der Waals surface area contributed by atoms with Gasteiger partial charge in [-0.2, -0.15) is 0 Å². The second-order valence-electron chi connectivity index (χ2n) is 6.31. The number of nitrogens with one attached hydrogen (secondary N) is 2. The Balaban J connectivity index is 1.48. The third-order valence-corrected chi connectivity index (χ3v) is 4.89. The second-order valence-corrected chi connectivity index (χ2v) is 6.31. The van der Waals surface area contributed by atoms with E-state index in [0.29, 0.717) is 5.95 Å². The predicted octanol–water partition coefficient (Wildman–Crippen LogP) is 1.46. The average molecular weight is 343 g/mol. The Bertz CT molecular complexity index is 787. The molecule has 7 nitrogen and oxygen atoms in total. The Morgan fingerprint density at radius 2 is 2.08 bits per heavy atom. The first-order chi connectivity index (χ1) is 12.2. The SMILES string of the molecule is O=C(NO)c1cnc(N2CCC3=C(CC2)C2C=C(F)C=CC2N3)nc1. The van der Waals surface area contributed by atoms with Gasteiger partial charge in [-0.1, -0.05) is 6.08 Å². The molecule has 3 N–H and O–H groups in total. The van der Waals surface area contributed by atoms with E-state index < -0.39 is 5.91 Å². The van der Waals surface area contributed by atoms with Gasteiger partial charge in [0.1, 0.15) is 5.83 Å². The molecule has 1 aromatic rings. The first-order valence-corrected chi connectivity index (χ1v) is 8.21. The smallest absolute Gasteiger partial charge is 0.277 e. The number of hydrogen-bond donors (Lipinski definition) is 3. The molecule has 4 rings (SSSR count). The summed E-state index contributed by atoms with van der Waals surface area (Å²) in [4.78, 5) is 21.8. The van der Waals surface area contributed by atoms with Crippen LogP contribution in [0, 0.1) is 5.92 Å². The fraction of sp³-hybridized carbons (Fsp3) is 0.353. The van der Waals surface area contributed by atoms with Gasteiger partial charge in [0.05, 0.1) is 11.6 Å². The van der Waals surface area contributed by atoms with E-state index in [-0.39, 0.29) is 23.4 Å². The van der Waals surface area contributed by atoms with Crippen molar-refractivity contribution >= 4 is 11.9 Å². The molecule has 1 amide bonds. The molecule has 2 aliphatic heterocycles. The number of hydrogen-bond acceptors (Lipinski definition) is 6. The second kappa shape index (κ2) is 6.29. The third-order valence-electron chi connectivity index (χ3n) is 4.89. The van der Waals surface area contributed by atoms with Crippen LogP contribution in [0.4, 0.5) is 10.3 Å². The summed E-state index contributed by atoms with van der Waals surface area (Å²) in [5.74, 6) is -0.203. The first kappa shape index (κ1) is 15.8. The van der Waals surface area contributed by atoms with E-state index in [1.807, 2.05) is 11.0 Å². The van der Waals surface area contributed by atoms with Crippen LogP contribution in [0.25, 0.3) is 0 Å². The van der Waals surface area contributed by atoms with Gasteiger partial charge in [-0.05, 0) is 24.1 Å². The lowest BCUT2D eigenvalue weighted by Gasteiger charge is -2.24. The number of rotatable bonds is 2. The molecule has 2 unspecified atom stereocenters. The van der Waals surface area contributed by atoms with Crippen molar-refractivity contribution in [3.8, 4) is 0 Å². The maximum absolute atomic E-state index is 13.6. The number of anilines is 1. The van der Waals surface area contributed by atoms with Gasteiger partial charge in [-0.15, -0.1) is 0 Å². The maximum Gasteiger partial charge on any atom is 0.277 e. The zero-order chi connectivity index (χ0) is 17.4. The number of nitrogens with zero attached hydrogens (tertiary/aromatic N) is 3. The summed E-state index contributed by atoms with van der Waals surface area (Å²) in [5, 5.41) is 12.1. The molecule has 3 heterocycles. The number of amides is 1. The number of carbonyl (C=O) groups excluding carboxylic acids is 1. The van der Waals surface area contributed by atoms with Crippen LogP contribution < -0.4 is 15.7 Å². The summed E-state index contributed by atoms with van der Waals surface area (Å²) >= 11 is 0. The molecule has 0 aromatic carbocycles. The molecule has 0 saturated carbocycles. The van der Waals surface area contributed by atoms with Crippen LogP contribution in [0.1, 0.15) is 23.2 Å². The Morgan fingerprint density at radius 3 is 2.84 bits per heavy atom. The van der Waals surface area contributed by atoms with Gasteiger partial charge in [0.15, 0.2) is 0 Å². The third kappa shape index (κ3) is 2.89. The van der Waals surface area contributed by atoms with Crippen molar-refractivity contribution in [3.63, 3.8) is 0 Å². The Morgan fingerprint density at radius 1 is 1.32 bits per heavy atom. The molecule has 25 heavy (non-hydrogen) atoms. The highest BCUT2D eigenvalue weighted by atomic mass is 19.1. The average Bonchev–Trinajstić information content (AvgIpc) is 2.84. The molecule has 0 fully saturated rings. The fourth-order valence-electron chi connectivity index (χ4n) is 3.63. The highest BCUT2D eigenvalue weighted by Crippen LogP contribution is 2.37. The summed E-state index contributed by atoms with van der Waals surface area (Å²) in [6, 6.07) is 0.156. The van der Waals surface area contributed by atoms with E-state index in [0.717, 1.165) is 25.9 Å². The van der Waals surface area contributed by atoms with Crippen molar-refractivity contribution in [3.05, 3.63) is 53.3 Å². The van der Waals surface area contributed by atoms with Crippen molar-refractivity contribution in [2.45, 2.75) is 18.9 Å². The molecule has 3 aliphatic rings. The molecule has 0 spiro atoms. The van der Waals surface area contributed by atoms with Crippen molar-refractivity contribution in [2.75, 3.05) is 18.0 Å². The largest absolute Gasteiger partial charge is 0.381 e. The minimum Gasteiger partial charge on any atom is -0.381 e. The molecule has 1 aliphatic carbocycles. The van der Waals surface area contributed by atoms with E-state index >= 15 is 0 Å². The lowest BCUT2D eigenvalue weighted by atomic mass is 9.88. The van der Waals surface area contributed by atoms with Crippen LogP contribution in [-0.4, -0.2) is 40.2 Å². The number of carbonyl (C=O) groups is 1. The number of fused-ring (bicyclic) bond motifs is 2. The molecule has 0 radical (unpaired) electrons. The number of halogens is 1. The molecule has 130 valence electrons. The van der Waals surface area contributed by atoms with Crippen molar-refractivity contribution < 1.29 is 14.4 Å². The van der Waals surface area contributed by atoms with Crippen molar-refractivity contribution in [2.24, 2.45) is 5.92 Å². The predicted molar refractivity (Wildman–Crippen MR) is 88.5 cm³/mol. The Hall–Kier alpha value is -2.74. The number of allylic oxidation sites excluding steroid dienone is 2. The molecule has 1 aromatic heterocycles. The summed E-state index contributed by atoms with van der Waals surface area (Å²) in [6.07, 6.45) is 9.49. The summed E-state index contributed by atoms with van der Waals surface area (Å²) in [7, 11) is 0. The van der Waals surface area contributed by atoms with Crippen LogP contribution in [0.3, 0.4) is 0 Å². The molecular formula is C17H18FN5O2. The van der Waals surface area contributed by atoms with Crippen molar-refractivity contribution in [1.29, 1.82) is 0 Å². The summed E-state index contributed by atoms with van der Waals surface area (Å²) < 4.78 is 13.6. The normalized spacial score (nSPS) is 24.9. The minimum absolute atomic E-state index is 0.0801. The van der Waals surface area contributed by atoms with Gasteiger partial charge >= 0.3 is 0 Å². The zero-order valence-electron chi connectivity index (χ0n) is 13.4. The Kier molecular flexibility index (Phi) is 3.96. The van der Waals surface area contributed by atoms with Gasteiger partial charge in [-0.25, -0.2) is 19.8 Å². The summed E-state index contributed by atoms with van der Waals surface area (Å²) in [5.41, 5.74) is 4.19. The molecule has 2 atom stereocenters. The zero-order valence-corrected chi connectivity index (χ0v) is 13.4. The Labute approximate surface area is 143 Å². The first-order valence-electron chi connectivity index (χ1n) is 8.21. The van der Waals surface area contributed by atoms with E-state index in [1.54, 1.807) is 11.6 Å². The molecule has 0 saturated heterocycles. The van der Waals surface area contributed by atoms with E-state index in [9.17, 15) is 9.18 Å². The maximum atomic E-state index is 13.6. The van der Waals surface area contributed by atoms with Gasteiger partial charge < -0.3 is 10.2 Å². The van der Waals surface area contributed by atoms with Crippen LogP contribution in [0.15, 0.2) is 47.7 Å². The lowest BCUT2D eigenvalue weighted by Crippen LogP contribution is -2.32. The van der Waals surface area contributed by atoms with Gasteiger partial charge in [-0.3, -0.25) is 10.0 Å². The fourth-order valence-corrected chi connectivity index (χ4v) is 3.63. The quantitative estimate of drug-likeness (QED) is 0.556. The van der Waals surface area contributed by atoms with Crippen LogP contribution in [0.5, 0.6) is 0 Å².